The van der Waals surface area contributed by atoms with Crippen LogP contribution in [0, 0.1) is 5.92 Å². The molecule has 100 valence electrons. The summed E-state index contributed by atoms with van der Waals surface area (Å²) in [5.74, 6) is 0.396. The molecule has 2 N–H and O–H groups in total. The van der Waals surface area contributed by atoms with Crippen molar-refractivity contribution in [2.24, 2.45) is 5.92 Å². The quantitative estimate of drug-likeness (QED) is 0.705. The number of carbonyl (C=O) groups excluding carboxylic acids is 1. The van der Waals surface area contributed by atoms with Crippen LogP contribution < -0.4 is 5.32 Å². The molecule has 2 unspecified atom stereocenters. The van der Waals surface area contributed by atoms with Crippen LogP contribution in [0.25, 0.3) is 0 Å². The lowest BCUT2D eigenvalue weighted by molar-refractivity contribution is -0.137. The van der Waals surface area contributed by atoms with Crippen molar-refractivity contribution in [2.75, 3.05) is 32.9 Å². The van der Waals surface area contributed by atoms with Crippen LogP contribution in [0.15, 0.2) is 0 Å². The molecule has 1 aliphatic heterocycles. The Bertz CT molecular complexity index is 240. The van der Waals surface area contributed by atoms with Gasteiger partial charge in [0, 0.05) is 19.1 Å². The van der Waals surface area contributed by atoms with E-state index in [4.69, 9.17) is 4.74 Å². The highest BCUT2D eigenvalue weighted by atomic mass is 16.5. The van der Waals surface area contributed by atoms with Gasteiger partial charge in [-0.15, -0.1) is 0 Å². The van der Waals surface area contributed by atoms with Gasteiger partial charge in [0.25, 0.3) is 0 Å². The van der Waals surface area contributed by atoms with Gasteiger partial charge < -0.3 is 20.1 Å². The van der Waals surface area contributed by atoms with E-state index in [2.05, 4.69) is 5.32 Å². The molecule has 0 bridgehead atoms. The molecule has 0 aromatic carbocycles. The summed E-state index contributed by atoms with van der Waals surface area (Å²) in [7, 11) is 0. The van der Waals surface area contributed by atoms with Gasteiger partial charge in [0.2, 0.25) is 5.91 Å². The molecule has 1 aliphatic rings. The minimum atomic E-state index is -0.257. The van der Waals surface area contributed by atoms with Crippen LogP contribution in [0.1, 0.15) is 20.8 Å². The van der Waals surface area contributed by atoms with E-state index in [-0.39, 0.29) is 24.6 Å². The summed E-state index contributed by atoms with van der Waals surface area (Å²) >= 11 is 0. The van der Waals surface area contributed by atoms with Crippen molar-refractivity contribution in [2.45, 2.75) is 32.9 Å². The number of hydrogen-bond acceptors (Lipinski definition) is 4. The number of nitrogens with one attached hydrogen (secondary N) is 1. The second-order valence-electron chi connectivity index (χ2n) is 4.86. The lowest BCUT2D eigenvalue weighted by Crippen LogP contribution is -2.53. The fourth-order valence-corrected chi connectivity index (χ4v) is 1.91. The highest BCUT2D eigenvalue weighted by molar-refractivity contribution is 5.81. The average Bonchev–Trinajstić information content (AvgIpc) is 2.35. The summed E-state index contributed by atoms with van der Waals surface area (Å²) < 4.78 is 5.22. The maximum Gasteiger partial charge on any atom is 0.239 e. The third-order valence-electron chi connectivity index (χ3n) is 3.16. The molecule has 0 saturated carbocycles. The van der Waals surface area contributed by atoms with Crippen LogP contribution in [0.4, 0.5) is 0 Å². The van der Waals surface area contributed by atoms with E-state index < -0.39 is 0 Å². The molecule has 1 heterocycles. The summed E-state index contributed by atoms with van der Waals surface area (Å²) in [6.07, 6.45) is 0. The second-order valence-corrected chi connectivity index (χ2v) is 4.86. The Balaban J connectivity index is 2.44. The zero-order valence-electron chi connectivity index (χ0n) is 11.0. The Morgan fingerprint density at radius 2 is 1.94 bits per heavy atom. The first-order chi connectivity index (χ1) is 8.06. The maximum atomic E-state index is 12.1. The number of ether oxygens (including phenoxy) is 1. The minimum absolute atomic E-state index is 0.0324. The Morgan fingerprint density at radius 1 is 1.35 bits per heavy atom. The van der Waals surface area contributed by atoms with Gasteiger partial charge in [-0.05, 0) is 12.8 Å². The Morgan fingerprint density at radius 3 is 2.41 bits per heavy atom. The van der Waals surface area contributed by atoms with Crippen molar-refractivity contribution in [1.82, 2.24) is 10.2 Å². The molecule has 1 saturated heterocycles. The average molecular weight is 244 g/mol. The highest BCUT2D eigenvalue weighted by Gasteiger charge is 2.25. The first kappa shape index (κ1) is 14.4. The zero-order chi connectivity index (χ0) is 12.8. The first-order valence-electron chi connectivity index (χ1n) is 6.29. The lowest BCUT2D eigenvalue weighted by atomic mass is 10.0. The van der Waals surface area contributed by atoms with E-state index in [0.29, 0.717) is 32.2 Å². The molecule has 1 amide bonds. The smallest absolute Gasteiger partial charge is 0.239 e. The van der Waals surface area contributed by atoms with Gasteiger partial charge in [-0.25, -0.2) is 0 Å². The number of aliphatic hydroxyl groups excluding tert-OH is 1. The lowest BCUT2D eigenvalue weighted by Gasteiger charge is -2.31. The topological polar surface area (TPSA) is 61.8 Å². The number of rotatable bonds is 5. The summed E-state index contributed by atoms with van der Waals surface area (Å²) in [5.41, 5.74) is 0. The van der Waals surface area contributed by atoms with Gasteiger partial charge in [0.05, 0.1) is 25.9 Å². The van der Waals surface area contributed by atoms with Crippen molar-refractivity contribution in [1.29, 1.82) is 0 Å². The third-order valence-corrected chi connectivity index (χ3v) is 3.16. The van der Waals surface area contributed by atoms with Crippen LogP contribution in [0.5, 0.6) is 0 Å². The van der Waals surface area contributed by atoms with Crippen LogP contribution in [0.2, 0.25) is 0 Å². The predicted molar refractivity (Wildman–Crippen MR) is 65.7 cm³/mol. The Kier molecular flexibility index (Phi) is 5.88. The highest BCUT2D eigenvalue weighted by Crippen LogP contribution is 2.05. The molecule has 0 aliphatic carbocycles. The van der Waals surface area contributed by atoms with Gasteiger partial charge >= 0.3 is 0 Å². The van der Waals surface area contributed by atoms with Crippen LogP contribution in [0.3, 0.4) is 0 Å². The molecule has 17 heavy (non-hydrogen) atoms. The molecule has 2 atom stereocenters. The molecular formula is C12H24N2O3. The zero-order valence-corrected chi connectivity index (χ0v) is 11.0. The number of hydrogen-bond donors (Lipinski definition) is 2. The van der Waals surface area contributed by atoms with Crippen LogP contribution >= 0.6 is 0 Å². The van der Waals surface area contributed by atoms with E-state index in [9.17, 15) is 9.90 Å². The Hall–Kier alpha value is -0.650. The summed E-state index contributed by atoms with van der Waals surface area (Å²) in [6, 6.07) is -0.289. The Labute approximate surface area is 103 Å². The van der Waals surface area contributed by atoms with Crippen molar-refractivity contribution < 1.29 is 14.6 Å². The first-order valence-corrected chi connectivity index (χ1v) is 6.29. The standard InChI is InChI=1S/C12H24N2O3/c1-9(2)11(8-15)13-10(3)12(16)14-4-6-17-7-5-14/h9-11,13,15H,4-8H2,1-3H3. The van der Waals surface area contributed by atoms with Gasteiger partial charge in [0.1, 0.15) is 0 Å². The van der Waals surface area contributed by atoms with Crippen molar-refractivity contribution in [3.8, 4) is 0 Å². The van der Waals surface area contributed by atoms with Crippen LogP contribution in [-0.4, -0.2) is 60.9 Å². The predicted octanol–water partition coefficient (Wildman–Crippen LogP) is -0.160. The maximum absolute atomic E-state index is 12.1. The molecule has 5 nitrogen and oxygen atoms in total. The molecule has 0 radical (unpaired) electrons. The number of amides is 1. The van der Waals surface area contributed by atoms with Gasteiger partial charge in [-0.3, -0.25) is 4.79 Å². The monoisotopic (exact) mass is 244 g/mol. The number of aliphatic hydroxyl groups is 1. The van der Waals surface area contributed by atoms with E-state index in [0.717, 1.165) is 0 Å². The van der Waals surface area contributed by atoms with Crippen molar-refractivity contribution >= 4 is 5.91 Å². The van der Waals surface area contributed by atoms with Crippen molar-refractivity contribution in [3.05, 3.63) is 0 Å². The third kappa shape index (κ3) is 4.26. The molecule has 1 rings (SSSR count). The van der Waals surface area contributed by atoms with E-state index >= 15 is 0 Å². The summed E-state index contributed by atoms with van der Waals surface area (Å²) in [4.78, 5) is 13.9. The molecular weight excluding hydrogens is 220 g/mol. The fourth-order valence-electron chi connectivity index (χ4n) is 1.91. The number of nitrogens with zero attached hydrogens (tertiary/aromatic N) is 1. The number of morpholine rings is 1. The summed E-state index contributed by atoms with van der Waals surface area (Å²) in [6.45, 7) is 8.52. The normalized spacial score (nSPS) is 20.4. The van der Waals surface area contributed by atoms with E-state index in [1.165, 1.54) is 0 Å². The molecule has 0 aromatic heterocycles. The van der Waals surface area contributed by atoms with Crippen molar-refractivity contribution in [3.63, 3.8) is 0 Å². The summed E-state index contributed by atoms with van der Waals surface area (Å²) in [5, 5.41) is 12.4. The van der Waals surface area contributed by atoms with Crippen LogP contribution in [-0.2, 0) is 9.53 Å². The van der Waals surface area contributed by atoms with Gasteiger partial charge in [-0.1, -0.05) is 13.8 Å². The minimum Gasteiger partial charge on any atom is -0.395 e. The van der Waals surface area contributed by atoms with Gasteiger partial charge in [0.15, 0.2) is 0 Å². The molecule has 0 spiro atoms. The van der Waals surface area contributed by atoms with E-state index in [1.807, 2.05) is 25.7 Å². The number of carbonyl (C=O) groups is 1. The van der Waals surface area contributed by atoms with Gasteiger partial charge in [-0.2, -0.15) is 0 Å². The largest absolute Gasteiger partial charge is 0.395 e. The molecule has 1 fully saturated rings. The SMILES string of the molecule is CC(NC(CO)C(C)C)C(=O)N1CCOCC1. The fraction of sp³-hybridized carbons (Fsp3) is 0.917. The van der Waals surface area contributed by atoms with E-state index in [1.54, 1.807) is 0 Å². The molecule has 5 heteroatoms. The second kappa shape index (κ2) is 6.93. The molecule has 0 aromatic rings.